The summed E-state index contributed by atoms with van der Waals surface area (Å²) in [6.45, 7) is 7.22. The Morgan fingerprint density at radius 1 is 1.35 bits per heavy atom. The van der Waals surface area contributed by atoms with Gasteiger partial charge in [-0.05, 0) is 38.3 Å². The van der Waals surface area contributed by atoms with Crippen LogP contribution in [0.25, 0.3) is 0 Å². The maximum atomic E-state index is 6.07. The highest BCUT2D eigenvalue weighted by atomic mass is 15.3. The molecule has 110 valence electrons. The van der Waals surface area contributed by atoms with Crippen LogP contribution in [0, 0.1) is 13.8 Å². The molecule has 0 fully saturated rings. The van der Waals surface area contributed by atoms with E-state index in [1.807, 2.05) is 17.9 Å². The van der Waals surface area contributed by atoms with E-state index in [2.05, 4.69) is 41.7 Å². The molecule has 0 spiro atoms. The van der Waals surface area contributed by atoms with E-state index in [-0.39, 0.29) is 6.04 Å². The average Bonchev–Trinajstić information content (AvgIpc) is 2.94. The van der Waals surface area contributed by atoms with Crippen LogP contribution in [0.2, 0.25) is 0 Å². The molecule has 2 aromatic heterocycles. The molecule has 0 radical (unpaired) electrons. The third kappa shape index (κ3) is 3.10. The van der Waals surface area contributed by atoms with E-state index < -0.39 is 0 Å². The Hall–Kier alpha value is -1.62. The minimum Gasteiger partial charge on any atom is -0.327 e. The van der Waals surface area contributed by atoms with Crippen molar-refractivity contribution in [3.63, 3.8) is 0 Å². The molecule has 2 rings (SSSR count). The van der Waals surface area contributed by atoms with Crippen molar-refractivity contribution in [3.8, 4) is 0 Å². The monoisotopic (exact) mass is 275 g/mol. The molecule has 5 nitrogen and oxygen atoms in total. The van der Waals surface area contributed by atoms with Crippen LogP contribution in [0.15, 0.2) is 12.3 Å². The minimum atomic E-state index is 0.224. The van der Waals surface area contributed by atoms with Crippen molar-refractivity contribution in [2.75, 3.05) is 0 Å². The molecular weight excluding hydrogens is 250 g/mol. The molecule has 2 aromatic rings. The molecule has 2 N–H and O–H groups in total. The topological polar surface area (TPSA) is 61.7 Å². The number of aryl methyl sites for hydroxylation is 4. The maximum Gasteiger partial charge on any atom is 0.0629 e. The summed E-state index contributed by atoms with van der Waals surface area (Å²) < 4.78 is 4.01. The van der Waals surface area contributed by atoms with Crippen LogP contribution in [-0.4, -0.2) is 25.6 Å². The number of rotatable bonds is 6. The highest BCUT2D eigenvalue weighted by Gasteiger charge is 2.14. The SMILES string of the molecule is CCC(N)Cc1c(C)nn(CCc2ccnn2C)c1C. The van der Waals surface area contributed by atoms with Crippen molar-refractivity contribution >= 4 is 0 Å². The van der Waals surface area contributed by atoms with Crippen molar-refractivity contribution in [3.05, 3.63) is 34.9 Å². The van der Waals surface area contributed by atoms with Crippen LogP contribution >= 0.6 is 0 Å². The highest BCUT2D eigenvalue weighted by Crippen LogP contribution is 2.16. The van der Waals surface area contributed by atoms with Gasteiger partial charge in [-0.15, -0.1) is 0 Å². The predicted octanol–water partition coefficient (Wildman–Crippen LogP) is 1.76. The number of nitrogens with two attached hydrogens (primary N) is 1. The van der Waals surface area contributed by atoms with Crippen molar-refractivity contribution < 1.29 is 0 Å². The van der Waals surface area contributed by atoms with E-state index in [1.54, 1.807) is 0 Å². The lowest BCUT2D eigenvalue weighted by Gasteiger charge is -2.09. The Bertz CT molecular complexity index is 567. The van der Waals surface area contributed by atoms with Gasteiger partial charge in [0, 0.05) is 43.6 Å². The van der Waals surface area contributed by atoms with Crippen LogP contribution < -0.4 is 5.73 Å². The molecule has 0 bridgehead atoms. The summed E-state index contributed by atoms with van der Waals surface area (Å²) in [5.41, 5.74) is 11.0. The van der Waals surface area contributed by atoms with E-state index in [4.69, 9.17) is 5.73 Å². The third-order valence-corrected chi connectivity index (χ3v) is 4.02. The largest absolute Gasteiger partial charge is 0.327 e. The molecule has 20 heavy (non-hydrogen) atoms. The fourth-order valence-electron chi connectivity index (χ4n) is 2.52. The molecule has 2 heterocycles. The van der Waals surface area contributed by atoms with Crippen LogP contribution in [0.1, 0.15) is 36.0 Å². The molecule has 0 aromatic carbocycles. The zero-order valence-corrected chi connectivity index (χ0v) is 12.9. The molecule has 1 atom stereocenters. The minimum absolute atomic E-state index is 0.224. The molecule has 5 heteroatoms. The second-order valence-corrected chi connectivity index (χ2v) is 5.44. The van der Waals surface area contributed by atoms with Crippen molar-refractivity contribution in [1.82, 2.24) is 19.6 Å². The first-order chi connectivity index (χ1) is 9.52. The summed E-state index contributed by atoms with van der Waals surface area (Å²) in [4.78, 5) is 0. The Morgan fingerprint density at radius 3 is 2.70 bits per heavy atom. The van der Waals surface area contributed by atoms with Crippen LogP contribution in [0.4, 0.5) is 0 Å². The van der Waals surface area contributed by atoms with E-state index in [1.165, 1.54) is 17.0 Å². The van der Waals surface area contributed by atoms with Gasteiger partial charge in [-0.1, -0.05) is 6.92 Å². The van der Waals surface area contributed by atoms with Crippen molar-refractivity contribution in [1.29, 1.82) is 0 Å². The van der Waals surface area contributed by atoms with E-state index >= 15 is 0 Å². The fourth-order valence-corrected chi connectivity index (χ4v) is 2.52. The number of hydrogen-bond acceptors (Lipinski definition) is 3. The van der Waals surface area contributed by atoms with Crippen molar-refractivity contribution in [2.24, 2.45) is 12.8 Å². The average molecular weight is 275 g/mol. The Labute approximate surface area is 120 Å². The van der Waals surface area contributed by atoms with Crippen LogP contribution in [0.5, 0.6) is 0 Å². The lowest BCUT2D eigenvalue weighted by Crippen LogP contribution is -2.22. The van der Waals surface area contributed by atoms with Gasteiger partial charge in [0.1, 0.15) is 0 Å². The molecule has 0 saturated carbocycles. The van der Waals surface area contributed by atoms with Crippen molar-refractivity contribution in [2.45, 2.75) is 52.6 Å². The molecular formula is C15H25N5. The second-order valence-electron chi connectivity index (χ2n) is 5.44. The lowest BCUT2D eigenvalue weighted by atomic mass is 10.0. The zero-order chi connectivity index (χ0) is 14.7. The molecule has 0 amide bonds. The number of aromatic nitrogens is 4. The van der Waals surface area contributed by atoms with E-state index in [0.717, 1.165) is 31.5 Å². The van der Waals surface area contributed by atoms with Gasteiger partial charge in [0.25, 0.3) is 0 Å². The van der Waals surface area contributed by atoms with Gasteiger partial charge in [-0.2, -0.15) is 10.2 Å². The number of hydrogen-bond donors (Lipinski definition) is 1. The summed E-state index contributed by atoms with van der Waals surface area (Å²) in [5.74, 6) is 0. The summed E-state index contributed by atoms with van der Waals surface area (Å²) in [6.07, 6.45) is 4.69. The first-order valence-electron chi connectivity index (χ1n) is 7.28. The summed E-state index contributed by atoms with van der Waals surface area (Å²) in [5, 5.41) is 8.85. The zero-order valence-electron chi connectivity index (χ0n) is 12.9. The normalized spacial score (nSPS) is 12.8. The van der Waals surface area contributed by atoms with Gasteiger partial charge >= 0.3 is 0 Å². The van der Waals surface area contributed by atoms with E-state index in [0.29, 0.717) is 0 Å². The Morgan fingerprint density at radius 2 is 2.10 bits per heavy atom. The molecule has 1 unspecified atom stereocenters. The van der Waals surface area contributed by atoms with Gasteiger partial charge in [0.15, 0.2) is 0 Å². The molecule has 0 aliphatic heterocycles. The first-order valence-corrected chi connectivity index (χ1v) is 7.28. The van der Waals surface area contributed by atoms with Gasteiger partial charge < -0.3 is 5.73 Å². The smallest absolute Gasteiger partial charge is 0.0629 e. The molecule has 0 aliphatic carbocycles. The first kappa shape index (κ1) is 14.8. The highest BCUT2D eigenvalue weighted by molar-refractivity contribution is 5.25. The standard InChI is InChI=1S/C15H25N5/c1-5-13(16)10-15-11(2)18-20(12(15)3)9-7-14-6-8-17-19(14)4/h6,8,13H,5,7,9-10,16H2,1-4H3. The maximum absolute atomic E-state index is 6.07. The van der Waals surface area contributed by atoms with Gasteiger partial charge in [-0.3, -0.25) is 9.36 Å². The molecule has 0 aliphatic rings. The second kappa shape index (κ2) is 6.22. The Kier molecular flexibility index (Phi) is 4.60. The summed E-state index contributed by atoms with van der Waals surface area (Å²) in [6, 6.07) is 2.28. The van der Waals surface area contributed by atoms with E-state index in [9.17, 15) is 0 Å². The third-order valence-electron chi connectivity index (χ3n) is 4.02. The predicted molar refractivity (Wildman–Crippen MR) is 80.6 cm³/mol. The Balaban J connectivity index is 2.09. The fraction of sp³-hybridized carbons (Fsp3) is 0.600. The quantitative estimate of drug-likeness (QED) is 0.873. The lowest BCUT2D eigenvalue weighted by molar-refractivity contribution is 0.569. The van der Waals surface area contributed by atoms with Gasteiger partial charge in [-0.25, -0.2) is 0 Å². The van der Waals surface area contributed by atoms with Crippen LogP contribution in [-0.2, 0) is 26.4 Å². The van der Waals surface area contributed by atoms with Gasteiger partial charge in [0.2, 0.25) is 0 Å². The number of nitrogens with zero attached hydrogens (tertiary/aromatic N) is 4. The summed E-state index contributed by atoms with van der Waals surface area (Å²) in [7, 11) is 1.97. The van der Waals surface area contributed by atoms with Crippen LogP contribution in [0.3, 0.4) is 0 Å². The summed E-state index contributed by atoms with van der Waals surface area (Å²) >= 11 is 0. The van der Waals surface area contributed by atoms with Gasteiger partial charge in [0.05, 0.1) is 5.69 Å². The molecule has 0 saturated heterocycles.